The van der Waals surface area contributed by atoms with Crippen molar-refractivity contribution < 1.29 is 0 Å². The van der Waals surface area contributed by atoms with E-state index < -0.39 is 0 Å². The van der Waals surface area contributed by atoms with Crippen molar-refractivity contribution in [2.24, 2.45) is 0 Å². The Labute approximate surface area is 405 Å². The van der Waals surface area contributed by atoms with Crippen LogP contribution in [0, 0.1) is 46.8 Å². The van der Waals surface area contributed by atoms with Crippen molar-refractivity contribution in [3.8, 4) is 22.3 Å². The fourth-order valence-electron chi connectivity index (χ4n) is 10.8. The SMILES string of the molecule is Cc1cc(C)cc(N(c2ccccc2)c2ccc3c(-c4cccc5ccc#cc45)c4cc(N(c5ccccc5)c5cc(C)c(C)c(C)c5)ccc4c(-c4ccc5c(ccc6ccccc65)c4)c3c2)c1. The fraction of sp³-hybridized carbons (Fsp3) is 0.0746. The number of benzene rings is 11. The highest BCUT2D eigenvalue weighted by molar-refractivity contribution is 6.25. The van der Waals surface area contributed by atoms with Crippen LogP contribution in [0.5, 0.6) is 0 Å². The van der Waals surface area contributed by atoms with Gasteiger partial charge in [-0.15, -0.1) is 0 Å². The minimum atomic E-state index is 1.05. The first-order valence-corrected chi connectivity index (χ1v) is 23.9. The second-order valence-corrected chi connectivity index (χ2v) is 18.7. The molecule has 0 N–H and O–H groups in total. The highest BCUT2D eigenvalue weighted by atomic mass is 15.1. The molecule has 0 saturated carbocycles. The Kier molecular flexibility index (Phi) is 10.2. The zero-order chi connectivity index (χ0) is 46.8. The van der Waals surface area contributed by atoms with Gasteiger partial charge in [0.05, 0.1) is 0 Å². The molecular weight excluding hydrogens is 833 g/mol. The predicted octanol–water partition coefficient (Wildman–Crippen LogP) is 18.9. The maximum atomic E-state index is 3.57. The van der Waals surface area contributed by atoms with Gasteiger partial charge in [-0.3, -0.25) is 0 Å². The molecule has 0 saturated heterocycles. The van der Waals surface area contributed by atoms with E-state index in [0.717, 1.165) is 50.5 Å². The average molecular weight is 883 g/mol. The van der Waals surface area contributed by atoms with Gasteiger partial charge in [-0.05, 0) is 224 Å². The van der Waals surface area contributed by atoms with Crippen molar-refractivity contribution in [2.45, 2.75) is 34.6 Å². The summed E-state index contributed by atoms with van der Waals surface area (Å²) in [5.41, 5.74) is 17.6. The van der Waals surface area contributed by atoms with E-state index in [-0.39, 0.29) is 0 Å². The summed E-state index contributed by atoms with van der Waals surface area (Å²) in [5, 5.41) is 11.8. The van der Waals surface area contributed by atoms with Crippen LogP contribution in [0.25, 0.3) is 76.1 Å². The molecule has 0 fully saturated rings. The van der Waals surface area contributed by atoms with Crippen LogP contribution in [-0.2, 0) is 0 Å². The fourth-order valence-corrected chi connectivity index (χ4v) is 10.8. The van der Waals surface area contributed by atoms with Crippen LogP contribution in [0.2, 0.25) is 0 Å². The van der Waals surface area contributed by atoms with Gasteiger partial charge in [0, 0.05) is 39.5 Å². The molecule has 12 rings (SSSR count). The summed E-state index contributed by atoms with van der Waals surface area (Å²) >= 11 is 0. The molecule has 0 amide bonds. The topological polar surface area (TPSA) is 6.48 Å². The lowest BCUT2D eigenvalue weighted by Gasteiger charge is -2.29. The molecular formula is C67H50N2. The molecule has 0 aromatic heterocycles. The molecule has 0 bridgehead atoms. The molecule has 12 aromatic rings. The molecule has 2 heteroatoms. The summed E-state index contributed by atoms with van der Waals surface area (Å²) in [5.74, 6) is 0. The van der Waals surface area contributed by atoms with Gasteiger partial charge in [0.1, 0.15) is 0 Å². The van der Waals surface area contributed by atoms with Gasteiger partial charge in [-0.1, -0.05) is 133 Å². The maximum absolute atomic E-state index is 3.57. The number of nitrogens with zero attached hydrogens (tertiary/aromatic N) is 2. The Morgan fingerprint density at radius 2 is 0.884 bits per heavy atom. The minimum Gasteiger partial charge on any atom is -0.310 e. The van der Waals surface area contributed by atoms with E-state index in [1.165, 1.54) is 87.6 Å². The minimum absolute atomic E-state index is 1.05. The standard InChI is InChI=1S/C67H50N2/c1-43-35-44(2)37-56(36-43)68(52-20-8-6-9-21-52)54-31-34-63-64(41-54)66(51-29-32-60-50(40-51)28-27-49-18-13-14-24-58(49)60)62-33-30-55(42-65(62)67(63)61-26-16-19-48-17-12-15-25-59(48)61)69(53-22-10-7-11-23-53)57-38-45(3)47(5)46(4)39-57/h6-14,16-24,26-42H,1-5H3. The number of fused-ring (bicyclic) bond motifs is 6. The van der Waals surface area contributed by atoms with Crippen molar-refractivity contribution in [2.75, 3.05) is 9.80 Å². The Hall–Kier alpha value is -8.64. The summed E-state index contributed by atoms with van der Waals surface area (Å²) in [6, 6.07) is 85.3. The van der Waals surface area contributed by atoms with Gasteiger partial charge < -0.3 is 9.80 Å². The van der Waals surface area contributed by atoms with Gasteiger partial charge in [0.15, 0.2) is 0 Å². The number of hydrogen-bond acceptors (Lipinski definition) is 2. The lowest BCUT2D eigenvalue weighted by atomic mass is 9.84. The molecule has 0 spiro atoms. The Morgan fingerprint density at radius 1 is 0.333 bits per heavy atom. The highest BCUT2D eigenvalue weighted by Gasteiger charge is 2.24. The van der Waals surface area contributed by atoms with E-state index in [1.54, 1.807) is 0 Å². The number of anilines is 6. The molecule has 0 heterocycles. The van der Waals surface area contributed by atoms with Crippen LogP contribution in [0.1, 0.15) is 27.8 Å². The van der Waals surface area contributed by atoms with Gasteiger partial charge in [-0.2, -0.15) is 0 Å². The molecule has 12 aromatic carbocycles. The third-order valence-corrected chi connectivity index (χ3v) is 14.2. The van der Waals surface area contributed by atoms with E-state index in [4.69, 9.17) is 0 Å². The van der Waals surface area contributed by atoms with E-state index in [9.17, 15) is 0 Å². The monoisotopic (exact) mass is 882 g/mol. The van der Waals surface area contributed by atoms with Crippen molar-refractivity contribution in [3.63, 3.8) is 0 Å². The average Bonchev–Trinajstić information content (AvgIpc) is 3.37. The van der Waals surface area contributed by atoms with Crippen LogP contribution in [0.3, 0.4) is 0 Å². The smallest absolute Gasteiger partial charge is 0.0468 e. The third kappa shape index (κ3) is 7.32. The summed E-state index contributed by atoms with van der Waals surface area (Å²) in [6.45, 7) is 11.0. The number of hydrogen-bond donors (Lipinski definition) is 0. The number of rotatable bonds is 8. The second-order valence-electron chi connectivity index (χ2n) is 18.7. The van der Waals surface area contributed by atoms with E-state index in [1.807, 2.05) is 6.07 Å². The van der Waals surface area contributed by atoms with Crippen LogP contribution in [-0.4, -0.2) is 0 Å². The normalized spacial score (nSPS) is 11.4. The van der Waals surface area contributed by atoms with Gasteiger partial charge in [0.25, 0.3) is 0 Å². The summed E-state index contributed by atoms with van der Waals surface area (Å²) in [7, 11) is 0. The van der Waals surface area contributed by atoms with Crippen LogP contribution in [0.15, 0.2) is 212 Å². The molecule has 0 unspecified atom stereocenters. The lowest BCUT2D eigenvalue weighted by molar-refractivity contribution is 1.22. The van der Waals surface area contributed by atoms with Crippen LogP contribution < -0.4 is 9.80 Å². The van der Waals surface area contributed by atoms with E-state index in [2.05, 4.69) is 263 Å². The largest absolute Gasteiger partial charge is 0.310 e. The highest BCUT2D eigenvalue weighted by Crippen LogP contribution is 2.50. The molecule has 328 valence electrons. The first-order valence-electron chi connectivity index (χ1n) is 23.9. The summed E-state index contributed by atoms with van der Waals surface area (Å²) in [6.07, 6.45) is 0. The Morgan fingerprint density at radius 3 is 1.57 bits per heavy atom. The maximum Gasteiger partial charge on any atom is 0.0468 e. The second kappa shape index (κ2) is 16.9. The Bertz CT molecular complexity index is 3910. The van der Waals surface area contributed by atoms with E-state index in [0.29, 0.717) is 0 Å². The van der Waals surface area contributed by atoms with Gasteiger partial charge >= 0.3 is 0 Å². The van der Waals surface area contributed by atoms with Crippen LogP contribution >= 0.6 is 0 Å². The zero-order valence-electron chi connectivity index (χ0n) is 39.6. The lowest BCUT2D eigenvalue weighted by Crippen LogP contribution is -2.11. The van der Waals surface area contributed by atoms with Crippen molar-refractivity contribution in [1.29, 1.82) is 0 Å². The number of para-hydroxylation sites is 2. The molecule has 2 nitrogen and oxygen atoms in total. The zero-order valence-corrected chi connectivity index (χ0v) is 39.6. The van der Waals surface area contributed by atoms with Crippen LogP contribution in [0.4, 0.5) is 34.1 Å². The molecule has 0 aliphatic rings. The van der Waals surface area contributed by atoms with E-state index >= 15 is 0 Å². The van der Waals surface area contributed by atoms with Crippen molar-refractivity contribution in [3.05, 3.63) is 252 Å². The molecule has 69 heavy (non-hydrogen) atoms. The first kappa shape index (κ1) is 41.8. The Balaban J connectivity index is 1.22. The summed E-state index contributed by atoms with van der Waals surface area (Å²) in [4.78, 5) is 4.83. The van der Waals surface area contributed by atoms with Crippen molar-refractivity contribution in [1.82, 2.24) is 0 Å². The quantitative estimate of drug-likeness (QED) is 0.111. The predicted molar refractivity (Wildman–Crippen MR) is 296 cm³/mol. The summed E-state index contributed by atoms with van der Waals surface area (Å²) < 4.78 is 0. The molecule has 0 atom stereocenters. The first-order chi connectivity index (χ1) is 33.8. The van der Waals surface area contributed by atoms with Crippen molar-refractivity contribution >= 4 is 88.0 Å². The van der Waals surface area contributed by atoms with Gasteiger partial charge in [-0.25, -0.2) is 0 Å². The van der Waals surface area contributed by atoms with Gasteiger partial charge in [0.2, 0.25) is 0 Å². The molecule has 0 aliphatic heterocycles. The number of aryl methyl sites for hydroxylation is 4. The molecule has 0 radical (unpaired) electrons. The third-order valence-electron chi connectivity index (χ3n) is 14.2. The molecule has 0 aliphatic carbocycles.